The van der Waals surface area contributed by atoms with Gasteiger partial charge in [0.15, 0.2) is 0 Å². The molecule has 0 amide bonds. The molecule has 0 radical (unpaired) electrons. The average molecular weight is 315 g/mol. The summed E-state index contributed by atoms with van der Waals surface area (Å²) in [4.78, 5) is 16.9. The van der Waals surface area contributed by atoms with Crippen LogP contribution in [0.4, 0.5) is 0 Å². The summed E-state index contributed by atoms with van der Waals surface area (Å²) in [5.41, 5.74) is 2.57. The highest BCUT2D eigenvalue weighted by molar-refractivity contribution is 6.31. The first-order chi connectivity index (χ1) is 10.6. The molecule has 0 aliphatic rings. The lowest BCUT2D eigenvalue weighted by Gasteiger charge is -2.11. The monoisotopic (exact) mass is 314 g/mol. The van der Waals surface area contributed by atoms with Crippen molar-refractivity contribution in [3.05, 3.63) is 69.2 Å². The Morgan fingerprint density at radius 2 is 2.05 bits per heavy atom. The molecule has 22 heavy (non-hydrogen) atoms. The van der Waals surface area contributed by atoms with Gasteiger partial charge in [-0.1, -0.05) is 29.3 Å². The summed E-state index contributed by atoms with van der Waals surface area (Å²) in [5, 5.41) is 1.12. The van der Waals surface area contributed by atoms with Crippen molar-refractivity contribution in [1.29, 1.82) is 0 Å². The zero-order valence-corrected chi connectivity index (χ0v) is 13.1. The maximum atomic E-state index is 12.6. The molecule has 0 saturated carbocycles. The van der Waals surface area contributed by atoms with Crippen LogP contribution in [0.15, 0.2) is 47.5 Å². The van der Waals surface area contributed by atoms with E-state index in [1.54, 1.807) is 36.2 Å². The highest BCUT2D eigenvalue weighted by Gasteiger charge is 2.08. The summed E-state index contributed by atoms with van der Waals surface area (Å²) >= 11 is 5.93. The SMILES string of the molecule is COc1ccc(C)cc1Cn1cnc2cc(Cl)ccc2c1=O. The molecule has 0 saturated heterocycles. The van der Waals surface area contributed by atoms with E-state index in [-0.39, 0.29) is 5.56 Å². The highest BCUT2D eigenvalue weighted by Crippen LogP contribution is 2.20. The Morgan fingerprint density at radius 1 is 1.23 bits per heavy atom. The minimum absolute atomic E-state index is 0.0924. The number of benzene rings is 2. The highest BCUT2D eigenvalue weighted by atomic mass is 35.5. The zero-order chi connectivity index (χ0) is 15.7. The van der Waals surface area contributed by atoms with Crippen molar-refractivity contribution in [3.63, 3.8) is 0 Å². The van der Waals surface area contributed by atoms with E-state index >= 15 is 0 Å². The third-order valence-corrected chi connectivity index (χ3v) is 3.80. The van der Waals surface area contributed by atoms with E-state index in [0.29, 0.717) is 22.5 Å². The van der Waals surface area contributed by atoms with Gasteiger partial charge in [-0.05, 0) is 31.2 Å². The van der Waals surface area contributed by atoms with Gasteiger partial charge in [0.2, 0.25) is 0 Å². The van der Waals surface area contributed by atoms with E-state index in [4.69, 9.17) is 16.3 Å². The van der Waals surface area contributed by atoms with Gasteiger partial charge in [-0.2, -0.15) is 0 Å². The lowest BCUT2D eigenvalue weighted by atomic mass is 10.1. The van der Waals surface area contributed by atoms with Gasteiger partial charge >= 0.3 is 0 Å². The Labute approximate surface area is 132 Å². The number of nitrogens with zero attached hydrogens (tertiary/aromatic N) is 2. The second-order valence-corrected chi connectivity index (χ2v) is 5.59. The quantitative estimate of drug-likeness (QED) is 0.744. The molecule has 112 valence electrons. The molecule has 2 aromatic carbocycles. The number of methoxy groups -OCH3 is 1. The third kappa shape index (κ3) is 2.70. The van der Waals surface area contributed by atoms with Crippen molar-refractivity contribution in [2.24, 2.45) is 0 Å². The maximum Gasteiger partial charge on any atom is 0.261 e. The summed E-state index contributed by atoms with van der Waals surface area (Å²) in [6, 6.07) is 11.0. The predicted octanol–water partition coefficient (Wildman–Crippen LogP) is 3.42. The number of ether oxygens (including phenoxy) is 1. The normalized spacial score (nSPS) is 10.9. The lowest BCUT2D eigenvalue weighted by Crippen LogP contribution is -2.21. The van der Waals surface area contributed by atoms with Crippen LogP contribution < -0.4 is 10.3 Å². The van der Waals surface area contributed by atoms with E-state index in [1.807, 2.05) is 25.1 Å². The topological polar surface area (TPSA) is 44.1 Å². The second kappa shape index (κ2) is 5.81. The van der Waals surface area contributed by atoms with Gasteiger partial charge < -0.3 is 4.74 Å². The molecule has 0 aliphatic heterocycles. The number of hydrogen-bond acceptors (Lipinski definition) is 3. The zero-order valence-electron chi connectivity index (χ0n) is 12.3. The first-order valence-electron chi connectivity index (χ1n) is 6.86. The molecular weight excluding hydrogens is 300 g/mol. The molecule has 3 rings (SSSR count). The fraction of sp³-hybridized carbons (Fsp3) is 0.176. The van der Waals surface area contributed by atoms with Gasteiger partial charge in [0.1, 0.15) is 5.75 Å². The van der Waals surface area contributed by atoms with E-state index in [0.717, 1.165) is 16.9 Å². The molecule has 0 unspecified atom stereocenters. The molecule has 0 N–H and O–H groups in total. The van der Waals surface area contributed by atoms with Crippen LogP contribution in [-0.2, 0) is 6.54 Å². The van der Waals surface area contributed by atoms with Gasteiger partial charge in [-0.3, -0.25) is 9.36 Å². The van der Waals surface area contributed by atoms with Gasteiger partial charge in [-0.25, -0.2) is 4.98 Å². The van der Waals surface area contributed by atoms with Gasteiger partial charge in [0.25, 0.3) is 5.56 Å². The van der Waals surface area contributed by atoms with Crippen LogP contribution in [0.3, 0.4) is 0 Å². The van der Waals surface area contributed by atoms with E-state index in [9.17, 15) is 4.79 Å². The molecule has 1 aromatic heterocycles. The van der Waals surface area contributed by atoms with Crippen molar-refractivity contribution < 1.29 is 4.74 Å². The smallest absolute Gasteiger partial charge is 0.261 e. The molecule has 0 aliphatic carbocycles. The number of hydrogen-bond donors (Lipinski definition) is 0. The largest absolute Gasteiger partial charge is 0.496 e. The van der Waals surface area contributed by atoms with Crippen molar-refractivity contribution >= 4 is 22.5 Å². The van der Waals surface area contributed by atoms with Gasteiger partial charge in [0, 0.05) is 10.6 Å². The standard InChI is InChI=1S/C17H15ClN2O2/c1-11-3-6-16(22-2)12(7-11)9-20-10-19-15-8-13(18)4-5-14(15)17(20)21/h3-8,10H,9H2,1-2H3. The van der Waals surface area contributed by atoms with Crippen LogP contribution in [0.5, 0.6) is 5.75 Å². The van der Waals surface area contributed by atoms with E-state index in [1.165, 1.54) is 0 Å². The maximum absolute atomic E-state index is 12.6. The average Bonchev–Trinajstić information content (AvgIpc) is 2.50. The van der Waals surface area contributed by atoms with Crippen molar-refractivity contribution in [2.45, 2.75) is 13.5 Å². The van der Waals surface area contributed by atoms with Crippen LogP contribution in [0.1, 0.15) is 11.1 Å². The van der Waals surface area contributed by atoms with Crippen LogP contribution in [0.25, 0.3) is 10.9 Å². The molecule has 0 spiro atoms. The van der Waals surface area contributed by atoms with Crippen molar-refractivity contribution in [1.82, 2.24) is 9.55 Å². The Morgan fingerprint density at radius 3 is 2.82 bits per heavy atom. The van der Waals surface area contributed by atoms with Crippen LogP contribution in [0, 0.1) is 6.92 Å². The second-order valence-electron chi connectivity index (χ2n) is 5.15. The minimum Gasteiger partial charge on any atom is -0.496 e. The molecule has 5 heteroatoms. The summed E-state index contributed by atoms with van der Waals surface area (Å²) in [7, 11) is 1.62. The minimum atomic E-state index is -0.0924. The van der Waals surface area contributed by atoms with E-state index < -0.39 is 0 Å². The predicted molar refractivity (Wildman–Crippen MR) is 87.8 cm³/mol. The Kier molecular flexibility index (Phi) is 3.86. The summed E-state index contributed by atoms with van der Waals surface area (Å²) in [6.45, 7) is 2.42. The molecule has 4 nitrogen and oxygen atoms in total. The van der Waals surface area contributed by atoms with E-state index in [2.05, 4.69) is 4.98 Å². The third-order valence-electron chi connectivity index (χ3n) is 3.56. The van der Waals surface area contributed by atoms with Crippen LogP contribution >= 0.6 is 11.6 Å². The molecule has 3 aromatic rings. The number of aryl methyl sites for hydroxylation is 1. The number of halogens is 1. The van der Waals surface area contributed by atoms with Gasteiger partial charge in [0.05, 0.1) is 30.9 Å². The summed E-state index contributed by atoms with van der Waals surface area (Å²) < 4.78 is 6.94. The first-order valence-corrected chi connectivity index (χ1v) is 7.24. The molecule has 0 fully saturated rings. The number of fused-ring (bicyclic) bond motifs is 1. The van der Waals surface area contributed by atoms with Gasteiger partial charge in [-0.15, -0.1) is 0 Å². The fourth-order valence-electron chi connectivity index (χ4n) is 2.46. The Hall–Kier alpha value is -2.33. The van der Waals surface area contributed by atoms with Crippen molar-refractivity contribution in [3.8, 4) is 5.75 Å². The lowest BCUT2D eigenvalue weighted by molar-refractivity contribution is 0.408. The molecule has 1 heterocycles. The molecule has 0 atom stereocenters. The summed E-state index contributed by atoms with van der Waals surface area (Å²) in [6.07, 6.45) is 1.54. The summed E-state index contributed by atoms with van der Waals surface area (Å²) in [5.74, 6) is 0.758. The van der Waals surface area contributed by atoms with Crippen molar-refractivity contribution in [2.75, 3.05) is 7.11 Å². The van der Waals surface area contributed by atoms with Crippen LogP contribution in [-0.4, -0.2) is 16.7 Å². The first kappa shape index (κ1) is 14.6. The molecular formula is C17H15ClN2O2. The Bertz CT molecular complexity index is 903. The fourth-order valence-corrected chi connectivity index (χ4v) is 2.62. The molecule has 0 bridgehead atoms. The number of aromatic nitrogens is 2. The Balaban J connectivity index is 2.08. The van der Waals surface area contributed by atoms with Crippen LogP contribution in [0.2, 0.25) is 5.02 Å². The number of rotatable bonds is 3.